The summed E-state index contributed by atoms with van der Waals surface area (Å²) in [4.78, 5) is 3.63. The van der Waals surface area contributed by atoms with E-state index in [1.807, 2.05) is 12.1 Å². The van der Waals surface area contributed by atoms with E-state index in [-0.39, 0.29) is 0 Å². The van der Waals surface area contributed by atoms with E-state index in [0.29, 0.717) is 16.7 Å². The van der Waals surface area contributed by atoms with Crippen LogP contribution < -0.4 is 0 Å². The minimum absolute atomic E-state index is 0.309. The van der Waals surface area contributed by atoms with E-state index in [2.05, 4.69) is 20.9 Å². The Morgan fingerprint density at radius 2 is 1.83 bits per heavy atom. The van der Waals surface area contributed by atoms with Crippen molar-refractivity contribution in [3.63, 3.8) is 0 Å². The van der Waals surface area contributed by atoms with Crippen LogP contribution in [0.4, 0.5) is 13.2 Å². The Kier molecular flexibility index (Phi) is 3.47. The van der Waals surface area contributed by atoms with Crippen molar-refractivity contribution >= 4 is 15.9 Å². The highest BCUT2D eigenvalue weighted by Crippen LogP contribution is 2.30. The fourth-order valence-corrected chi connectivity index (χ4v) is 1.99. The molecule has 1 aromatic heterocycles. The zero-order valence-electron chi connectivity index (χ0n) is 9.50. The van der Waals surface area contributed by atoms with Crippen LogP contribution in [-0.2, 0) is 18.6 Å². The van der Waals surface area contributed by atoms with Crippen LogP contribution in [0.25, 0.3) is 11.4 Å². The number of nitrogens with zero attached hydrogens (tertiary/aromatic N) is 2. The second kappa shape index (κ2) is 4.76. The van der Waals surface area contributed by atoms with Gasteiger partial charge in [-0.15, -0.1) is 0 Å². The Bertz CT molecular complexity index is 543. The van der Waals surface area contributed by atoms with Gasteiger partial charge in [0.2, 0.25) is 0 Å². The lowest BCUT2D eigenvalue weighted by atomic mass is 10.1. The minimum atomic E-state index is -4.41. The standard InChI is InChI=1S/C12H10BrF3N2/c1-18-7-10(12(14,15)16)17-11(18)9-4-2-8(6-13)3-5-9/h2-5,7H,6H2,1H3. The molecule has 0 N–H and O–H groups in total. The van der Waals surface area contributed by atoms with E-state index in [1.165, 1.54) is 4.57 Å². The molecule has 0 unspecified atom stereocenters. The van der Waals surface area contributed by atoms with Crippen LogP contribution in [0.2, 0.25) is 0 Å². The Morgan fingerprint density at radius 3 is 2.28 bits per heavy atom. The molecule has 2 aromatic rings. The maximum Gasteiger partial charge on any atom is 0.434 e. The molecule has 0 fully saturated rings. The summed E-state index contributed by atoms with van der Waals surface area (Å²) in [6.45, 7) is 0. The van der Waals surface area contributed by atoms with Crippen LogP contribution >= 0.6 is 15.9 Å². The van der Waals surface area contributed by atoms with Gasteiger partial charge < -0.3 is 4.57 Å². The van der Waals surface area contributed by atoms with E-state index in [9.17, 15) is 13.2 Å². The van der Waals surface area contributed by atoms with E-state index < -0.39 is 11.9 Å². The third-order valence-corrected chi connectivity index (χ3v) is 3.18. The molecule has 0 aliphatic rings. The lowest BCUT2D eigenvalue weighted by Crippen LogP contribution is -2.04. The van der Waals surface area contributed by atoms with Gasteiger partial charge in [0.25, 0.3) is 0 Å². The summed E-state index contributed by atoms with van der Waals surface area (Å²) in [5, 5.41) is 0.710. The topological polar surface area (TPSA) is 17.8 Å². The minimum Gasteiger partial charge on any atom is -0.333 e. The Hall–Kier alpha value is -1.30. The lowest BCUT2D eigenvalue weighted by Gasteiger charge is -2.02. The highest BCUT2D eigenvalue weighted by Gasteiger charge is 2.34. The molecule has 0 aliphatic heterocycles. The van der Waals surface area contributed by atoms with Gasteiger partial charge in [-0.05, 0) is 5.56 Å². The largest absolute Gasteiger partial charge is 0.434 e. The fourth-order valence-electron chi connectivity index (χ4n) is 1.61. The van der Waals surface area contributed by atoms with E-state index >= 15 is 0 Å². The van der Waals surface area contributed by atoms with Gasteiger partial charge in [-0.2, -0.15) is 13.2 Å². The van der Waals surface area contributed by atoms with Gasteiger partial charge in [0.05, 0.1) is 0 Å². The summed E-state index contributed by atoms with van der Waals surface area (Å²) in [6, 6.07) is 7.23. The van der Waals surface area contributed by atoms with Gasteiger partial charge in [-0.3, -0.25) is 0 Å². The first-order valence-electron chi connectivity index (χ1n) is 5.17. The number of aromatic nitrogens is 2. The van der Waals surface area contributed by atoms with Crippen LogP contribution in [0.1, 0.15) is 11.3 Å². The van der Waals surface area contributed by atoms with Crippen molar-refractivity contribution in [3.8, 4) is 11.4 Å². The van der Waals surface area contributed by atoms with Crippen LogP contribution in [0.3, 0.4) is 0 Å². The number of halogens is 4. The van der Waals surface area contributed by atoms with Crippen LogP contribution in [0.5, 0.6) is 0 Å². The number of alkyl halides is 4. The normalized spacial score (nSPS) is 11.8. The summed E-state index contributed by atoms with van der Waals surface area (Å²) in [7, 11) is 1.55. The summed E-state index contributed by atoms with van der Waals surface area (Å²) in [6.07, 6.45) is -3.42. The summed E-state index contributed by atoms with van der Waals surface area (Å²) >= 11 is 3.31. The molecule has 0 saturated heterocycles. The average molecular weight is 319 g/mol. The fraction of sp³-hybridized carbons (Fsp3) is 0.250. The number of hydrogen-bond donors (Lipinski definition) is 0. The van der Waals surface area contributed by atoms with Crippen LogP contribution in [0.15, 0.2) is 30.5 Å². The van der Waals surface area contributed by atoms with E-state index in [1.54, 1.807) is 19.2 Å². The maximum atomic E-state index is 12.5. The predicted molar refractivity (Wildman–Crippen MR) is 66.3 cm³/mol. The molecule has 2 nitrogen and oxygen atoms in total. The van der Waals surface area contributed by atoms with Crippen molar-refractivity contribution in [2.24, 2.45) is 7.05 Å². The third kappa shape index (κ3) is 2.58. The summed E-state index contributed by atoms with van der Waals surface area (Å²) < 4.78 is 39.0. The average Bonchev–Trinajstić information content (AvgIpc) is 2.71. The molecule has 0 bridgehead atoms. The Balaban J connectivity index is 2.41. The lowest BCUT2D eigenvalue weighted by molar-refractivity contribution is -0.140. The number of benzene rings is 1. The zero-order valence-corrected chi connectivity index (χ0v) is 11.1. The van der Waals surface area contributed by atoms with E-state index in [0.717, 1.165) is 11.8 Å². The summed E-state index contributed by atoms with van der Waals surface area (Å²) in [5.41, 5.74) is 0.853. The summed E-state index contributed by atoms with van der Waals surface area (Å²) in [5.74, 6) is 0.309. The molecule has 0 saturated carbocycles. The van der Waals surface area contributed by atoms with Gasteiger partial charge in [-0.1, -0.05) is 40.2 Å². The maximum absolute atomic E-state index is 12.5. The predicted octanol–water partition coefficient (Wildman–Crippen LogP) is 4.00. The Labute approximate surface area is 111 Å². The Morgan fingerprint density at radius 1 is 1.22 bits per heavy atom. The molecule has 0 aliphatic carbocycles. The highest BCUT2D eigenvalue weighted by molar-refractivity contribution is 9.08. The molecule has 6 heteroatoms. The van der Waals surface area contributed by atoms with Crippen molar-refractivity contribution in [3.05, 3.63) is 41.7 Å². The molecular formula is C12H10BrF3N2. The van der Waals surface area contributed by atoms with Crippen molar-refractivity contribution in [2.45, 2.75) is 11.5 Å². The molecule has 0 atom stereocenters. The van der Waals surface area contributed by atoms with Gasteiger partial charge in [0, 0.05) is 24.1 Å². The second-order valence-corrected chi connectivity index (χ2v) is 4.45. The SMILES string of the molecule is Cn1cc(C(F)(F)F)nc1-c1ccc(CBr)cc1. The van der Waals surface area contributed by atoms with Gasteiger partial charge in [0.1, 0.15) is 5.82 Å². The quantitative estimate of drug-likeness (QED) is 0.765. The number of hydrogen-bond acceptors (Lipinski definition) is 1. The number of aryl methyl sites for hydroxylation is 1. The molecule has 0 amide bonds. The van der Waals surface area contributed by atoms with Crippen molar-refractivity contribution < 1.29 is 13.2 Å². The van der Waals surface area contributed by atoms with Gasteiger partial charge in [0.15, 0.2) is 5.69 Å². The van der Waals surface area contributed by atoms with Crippen molar-refractivity contribution in [1.82, 2.24) is 9.55 Å². The molecule has 2 rings (SSSR count). The second-order valence-electron chi connectivity index (χ2n) is 3.89. The first kappa shape index (κ1) is 13.1. The van der Waals surface area contributed by atoms with Crippen molar-refractivity contribution in [2.75, 3.05) is 0 Å². The smallest absolute Gasteiger partial charge is 0.333 e. The number of rotatable bonds is 2. The molecule has 96 valence electrons. The first-order chi connectivity index (χ1) is 8.41. The molecular weight excluding hydrogens is 309 g/mol. The van der Waals surface area contributed by atoms with Gasteiger partial charge >= 0.3 is 6.18 Å². The van der Waals surface area contributed by atoms with Crippen LogP contribution in [0, 0.1) is 0 Å². The molecule has 1 heterocycles. The first-order valence-corrected chi connectivity index (χ1v) is 6.30. The van der Waals surface area contributed by atoms with Crippen molar-refractivity contribution in [1.29, 1.82) is 0 Å². The molecule has 0 radical (unpaired) electrons. The third-order valence-electron chi connectivity index (χ3n) is 2.53. The van der Waals surface area contributed by atoms with Crippen LogP contribution in [-0.4, -0.2) is 9.55 Å². The molecule has 0 spiro atoms. The zero-order chi connectivity index (χ0) is 13.3. The number of imidazole rings is 1. The highest BCUT2D eigenvalue weighted by atomic mass is 79.9. The molecule has 1 aromatic carbocycles. The van der Waals surface area contributed by atoms with Gasteiger partial charge in [-0.25, -0.2) is 4.98 Å². The van der Waals surface area contributed by atoms with E-state index in [4.69, 9.17) is 0 Å². The monoisotopic (exact) mass is 318 g/mol. The molecule has 18 heavy (non-hydrogen) atoms.